The van der Waals surface area contributed by atoms with E-state index in [1.54, 1.807) is 30.3 Å². The van der Waals surface area contributed by atoms with Crippen molar-refractivity contribution in [1.29, 1.82) is 0 Å². The summed E-state index contributed by atoms with van der Waals surface area (Å²) in [5.74, 6) is -0.904. The number of benzene rings is 2. The first-order valence-corrected chi connectivity index (χ1v) is 8.24. The summed E-state index contributed by atoms with van der Waals surface area (Å²) in [6, 6.07) is 14.0. The van der Waals surface area contributed by atoms with Crippen LogP contribution < -0.4 is 10.2 Å². The molecule has 0 saturated carbocycles. The zero-order valence-electron chi connectivity index (χ0n) is 14.5. The van der Waals surface area contributed by atoms with Gasteiger partial charge in [-0.2, -0.15) is 0 Å². The first-order chi connectivity index (χ1) is 11.9. The van der Waals surface area contributed by atoms with Crippen LogP contribution in [0.2, 0.25) is 5.02 Å². The summed E-state index contributed by atoms with van der Waals surface area (Å²) < 4.78 is 5.09. The van der Waals surface area contributed by atoms with Crippen molar-refractivity contribution in [2.24, 2.45) is 0 Å². The molecule has 0 radical (unpaired) electrons. The Labute approximate surface area is 152 Å². The van der Waals surface area contributed by atoms with E-state index in [-0.39, 0.29) is 18.6 Å². The monoisotopic (exact) mass is 360 g/mol. The molecule has 6 heteroatoms. The Morgan fingerprint density at radius 1 is 1.16 bits per heavy atom. The van der Waals surface area contributed by atoms with Gasteiger partial charge in [-0.3, -0.25) is 4.79 Å². The highest BCUT2D eigenvalue weighted by atomic mass is 35.5. The molecule has 0 fully saturated rings. The van der Waals surface area contributed by atoms with Crippen LogP contribution in [-0.2, 0) is 9.53 Å². The molecule has 0 saturated heterocycles. The third-order valence-electron chi connectivity index (χ3n) is 3.66. The Balaban J connectivity index is 1.89. The van der Waals surface area contributed by atoms with Crippen molar-refractivity contribution in [3.63, 3.8) is 0 Å². The molecular weight excluding hydrogens is 340 g/mol. The molecular formula is C19H21ClN2O3. The van der Waals surface area contributed by atoms with Gasteiger partial charge >= 0.3 is 5.97 Å². The number of ether oxygens (including phenoxy) is 1. The summed E-state index contributed by atoms with van der Waals surface area (Å²) >= 11 is 5.95. The molecule has 2 aromatic carbocycles. The number of anilines is 1. The second-order valence-electron chi connectivity index (χ2n) is 5.87. The van der Waals surface area contributed by atoms with E-state index in [0.717, 1.165) is 11.3 Å². The van der Waals surface area contributed by atoms with Crippen LogP contribution in [0.1, 0.15) is 28.9 Å². The second-order valence-corrected chi connectivity index (χ2v) is 6.30. The summed E-state index contributed by atoms with van der Waals surface area (Å²) in [5.41, 5.74) is 2.17. The van der Waals surface area contributed by atoms with Gasteiger partial charge in [0, 0.05) is 24.8 Å². The SMILES string of the molecule is C[C@@H](NC(=O)COC(=O)c1cccc(N(C)C)c1)c1cccc(Cl)c1. The van der Waals surface area contributed by atoms with Gasteiger partial charge in [0.1, 0.15) is 0 Å². The number of nitrogens with one attached hydrogen (secondary N) is 1. The molecule has 2 aromatic rings. The summed E-state index contributed by atoms with van der Waals surface area (Å²) in [4.78, 5) is 26.0. The zero-order valence-corrected chi connectivity index (χ0v) is 15.2. The third-order valence-corrected chi connectivity index (χ3v) is 3.89. The minimum Gasteiger partial charge on any atom is -0.452 e. The smallest absolute Gasteiger partial charge is 0.338 e. The van der Waals surface area contributed by atoms with Crippen LogP contribution in [0.25, 0.3) is 0 Å². The number of carbonyl (C=O) groups excluding carboxylic acids is 2. The van der Waals surface area contributed by atoms with Crippen molar-refractivity contribution in [3.05, 3.63) is 64.7 Å². The second kappa shape index (κ2) is 8.53. The molecule has 0 bridgehead atoms. The largest absolute Gasteiger partial charge is 0.452 e. The van der Waals surface area contributed by atoms with Crippen molar-refractivity contribution in [3.8, 4) is 0 Å². The number of halogens is 1. The molecule has 1 N–H and O–H groups in total. The molecule has 1 amide bonds. The Hall–Kier alpha value is -2.53. The van der Waals surface area contributed by atoms with Crippen LogP contribution in [0.3, 0.4) is 0 Å². The Morgan fingerprint density at radius 2 is 1.88 bits per heavy atom. The van der Waals surface area contributed by atoms with E-state index in [2.05, 4.69) is 5.32 Å². The minimum atomic E-state index is -0.533. The number of hydrogen-bond donors (Lipinski definition) is 1. The highest BCUT2D eigenvalue weighted by molar-refractivity contribution is 6.30. The number of esters is 1. The summed E-state index contributed by atoms with van der Waals surface area (Å²) in [7, 11) is 3.77. The van der Waals surface area contributed by atoms with Gasteiger partial charge < -0.3 is 15.0 Å². The molecule has 0 aromatic heterocycles. The maximum absolute atomic E-state index is 12.1. The molecule has 0 heterocycles. The first kappa shape index (κ1) is 18.8. The summed E-state index contributed by atoms with van der Waals surface area (Å²) in [6.07, 6.45) is 0. The van der Waals surface area contributed by atoms with Gasteiger partial charge in [-0.15, -0.1) is 0 Å². The van der Waals surface area contributed by atoms with Crippen LogP contribution in [-0.4, -0.2) is 32.6 Å². The molecule has 0 spiro atoms. The van der Waals surface area contributed by atoms with Gasteiger partial charge in [0.25, 0.3) is 5.91 Å². The lowest BCUT2D eigenvalue weighted by molar-refractivity contribution is -0.124. The van der Waals surface area contributed by atoms with Crippen molar-refractivity contribution in [1.82, 2.24) is 5.32 Å². The molecule has 0 unspecified atom stereocenters. The van der Waals surface area contributed by atoms with E-state index in [0.29, 0.717) is 10.6 Å². The minimum absolute atomic E-state index is 0.234. The number of rotatable bonds is 6. The lowest BCUT2D eigenvalue weighted by atomic mass is 10.1. The molecule has 0 aliphatic carbocycles. The fraction of sp³-hybridized carbons (Fsp3) is 0.263. The van der Waals surface area contributed by atoms with E-state index in [1.165, 1.54) is 0 Å². The molecule has 132 valence electrons. The first-order valence-electron chi connectivity index (χ1n) is 7.86. The Kier molecular flexibility index (Phi) is 6.42. The quantitative estimate of drug-likeness (QED) is 0.802. The highest BCUT2D eigenvalue weighted by Crippen LogP contribution is 2.17. The van der Waals surface area contributed by atoms with Gasteiger partial charge in [-0.25, -0.2) is 4.79 Å². The van der Waals surface area contributed by atoms with Gasteiger partial charge in [0.2, 0.25) is 0 Å². The average molecular weight is 361 g/mol. The Morgan fingerprint density at radius 3 is 2.56 bits per heavy atom. The predicted molar refractivity (Wildman–Crippen MR) is 99.1 cm³/mol. The van der Waals surface area contributed by atoms with Gasteiger partial charge in [0.05, 0.1) is 11.6 Å². The van der Waals surface area contributed by atoms with Crippen molar-refractivity contribution < 1.29 is 14.3 Å². The van der Waals surface area contributed by atoms with Crippen LogP contribution >= 0.6 is 11.6 Å². The van der Waals surface area contributed by atoms with Gasteiger partial charge in [-0.1, -0.05) is 29.8 Å². The standard InChI is InChI=1S/C19H21ClN2O3/c1-13(14-6-4-8-16(20)10-14)21-18(23)12-25-19(24)15-7-5-9-17(11-15)22(2)3/h4-11,13H,12H2,1-3H3,(H,21,23)/t13-/m1/s1. The normalized spacial score (nSPS) is 11.5. The van der Waals surface area contributed by atoms with Crippen molar-refractivity contribution in [2.75, 3.05) is 25.6 Å². The molecule has 25 heavy (non-hydrogen) atoms. The van der Waals surface area contributed by atoms with Crippen LogP contribution in [0, 0.1) is 0 Å². The van der Waals surface area contributed by atoms with Crippen LogP contribution in [0.5, 0.6) is 0 Å². The van der Waals surface area contributed by atoms with Crippen molar-refractivity contribution in [2.45, 2.75) is 13.0 Å². The summed E-state index contributed by atoms with van der Waals surface area (Å²) in [5, 5.41) is 3.38. The van der Waals surface area contributed by atoms with E-state index >= 15 is 0 Å². The van der Waals surface area contributed by atoms with E-state index in [4.69, 9.17) is 16.3 Å². The zero-order chi connectivity index (χ0) is 18.4. The average Bonchev–Trinajstić information content (AvgIpc) is 2.59. The number of amides is 1. The predicted octanol–water partition coefficient (Wildman–Crippen LogP) is 3.44. The maximum atomic E-state index is 12.1. The Bertz CT molecular complexity index is 762. The molecule has 2 rings (SSSR count). The summed E-state index contributed by atoms with van der Waals surface area (Å²) in [6.45, 7) is 1.50. The number of nitrogens with zero attached hydrogens (tertiary/aromatic N) is 1. The fourth-order valence-electron chi connectivity index (χ4n) is 2.27. The number of hydrogen-bond acceptors (Lipinski definition) is 4. The maximum Gasteiger partial charge on any atom is 0.338 e. The molecule has 0 aliphatic heterocycles. The topological polar surface area (TPSA) is 58.6 Å². The van der Waals surface area contributed by atoms with Gasteiger partial charge in [0.15, 0.2) is 6.61 Å². The molecule has 1 atom stereocenters. The molecule has 5 nitrogen and oxygen atoms in total. The fourth-order valence-corrected chi connectivity index (χ4v) is 2.47. The van der Waals surface area contributed by atoms with Crippen LogP contribution in [0.15, 0.2) is 48.5 Å². The highest BCUT2D eigenvalue weighted by Gasteiger charge is 2.14. The number of carbonyl (C=O) groups is 2. The van der Waals surface area contributed by atoms with E-state index < -0.39 is 5.97 Å². The molecule has 0 aliphatic rings. The van der Waals surface area contributed by atoms with Gasteiger partial charge in [-0.05, 0) is 42.8 Å². The van der Waals surface area contributed by atoms with E-state index in [1.807, 2.05) is 44.1 Å². The lowest BCUT2D eigenvalue weighted by Crippen LogP contribution is -2.31. The van der Waals surface area contributed by atoms with Crippen LogP contribution in [0.4, 0.5) is 5.69 Å². The van der Waals surface area contributed by atoms with Crippen molar-refractivity contribution >= 4 is 29.2 Å². The lowest BCUT2D eigenvalue weighted by Gasteiger charge is -2.15. The third kappa shape index (κ3) is 5.50. The van der Waals surface area contributed by atoms with E-state index in [9.17, 15) is 9.59 Å².